The molecule has 6 nitrogen and oxygen atoms in total. The fourth-order valence-electron chi connectivity index (χ4n) is 3.47. The summed E-state index contributed by atoms with van der Waals surface area (Å²) in [6.07, 6.45) is -0.927. The first kappa shape index (κ1) is 23.0. The molecule has 7 heteroatoms. The minimum atomic E-state index is -0.927. The standard InChI is InChI=1S/C26H26BrN3O3/c1-5-32-25(31)24(17-10-12-18(13-11-17)26(2,3)4)33-23-15-14-19(27)16-22(23)30-28-20-8-6-7-9-21(20)29-30/h6-16,24H,5H2,1-4H3. The Balaban J connectivity index is 1.74. The Morgan fingerprint density at radius 2 is 1.64 bits per heavy atom. The van der Waals surface area contributed by atoms with Gasteiger partial charge in [0.1, 0.15) is 22.5 Å². The van der Waals surface area contributed by atoms with Gasteiger partial charge in [-0.05, 0) is 48.2 Å². The molecule has 0 aliphatic rings. The summed E-state index contributed by atoms with van der Waals surface area (Å²) in [5, 5.41) is 9.15. The van der Waals surface area contributed by atoms with Gasteiger partial charge in [-0.15, -0.1) is 15.0 Å². The van der Waals surface area contributed by atoms with Gasteiger partial charge in [0.25, 0.3) is 0 Å². The Kier molecular flexibility index (Phi) is 6.51. The molecule has 0 amide bonds. The smallest absolute Gasteiger partial charge is 0.352 e. The molecular weight excluding hydrogens is 482 g/mol. The molecule has 0 spiro atoms. The molecular formula is C26H26BrN3O3. The van der Waals surface area contributed by atoms with Crippen molar-refractivity contribution in [1.82, 2.24) is 15.0 Å². The summed E-state index contributed by atoms with van der Waals surface area (Å²) < 4.78 is 12.5. The number of fused-ring (bicyclic) bond motifs is 1. The van der Waals surface area contributed by atoms with Gasteiger partial charge in [0.2, 0.25) is 6.10 Å². The summed E-state index contributed by atoms with van der Waals surface area (Å²) in [4.78, 5) is 14.4. The van der Waals surface area contributed by atoms with E-state index in [2.05, 4.69) is 46.9 Å². The highest BCUT2D eigenvalue weighted by molar-refractivity contribution is 9.10. The van der Waals surface area contributed by atoms with Crippen LogP contribution in [0, 0.1) is 0 Å². The van der Waals surface area contributed by atoms with Gasteiger partial charge < -0.3 is 9.47 Å². The number of halogens is 1. The zero-order chi connectivity index (χ0) is 23.6. The summed E-state index contributed by atoms with van der Waals surface area (Å²) in [5.74, 6) is 0.0184. The highest BCUT2D eigenvalue weighted by atomic mass is 79.9. The normalized spacial score (nSPS) is 12.5. The van der Waals surface area contributed by atoms with Gasteiger partial charge in [-0.3, -0.25) is 0 Å². The van der Waals surface area contributed by atoms with Crippen LogP contribution in [0.2, 0.25) is 0 Å². The number of hydrogen-bond acceptors (Lipinski definition) is 5. The quantitative estimate of drug-likeness (QED) is 0.292. The molecule has 1 aromatic heterocycles. The van der Waals surface area contributed by atoms with E-state index in [9.17, 15) is 4.79 Å². The molecule has 1 atom stereocenters. The molecule has 0 saturated heterocycles. The van der Waals surface area contributed by atoms with Crippen molar-refractivity contribution in [1.29, 1.82) is 0 Å². The van der Waals surface area contributed by atoms with E-state index in [1.807, 2.05) is 60.7 Å². The minimum Gasteiger partial charge on any atom is -0.472 e. The van der Waals surface area contributed by atoms with Crippen molar-refractivity contribution in [3.63, 3.8) is 0 Å². The first-order valence-corrected chi connectivity index (χ1v) is 11.6. The Hall–Kier alpha value is -3.19. The van der Waals surface area contributed by atoms with Crippen LogP contribution in [-0.2, 0) is 14.9 Å². The summed E-state index contributed by atoms with van der Waals surface area (Å²) in [6.45, 7) is 8.49. The molecule has 170 valence electrons. The van der Waals surface area contributed by atoms with Crippen molar-refractivity contribution in [2.24, 2.45) is 0 Å². The molecule has 4 rings (SSSR count). The summed E-state index contributed by atoms with van der Waals surface area (Å²) >= 11 is 3.51. The van der Waals surface area contributed by atoms with E-state index in [4.69, 9.17) is 9.47 Å². The second-order valence-electron chi connectivity index (χ2n) is 8.71. The summed E-state index contributed by atoms with van der Waals surface area (Å²) in [6, 6.07) is 21.0. The third kappa shape index (κ3) is 5.09. The van der Waals surface area contributed by atoms with Gasteiger partial charge in [-0.1, -0.05) is 73.1 Å². The van der Waals surface area contributed by atoms with E-state index in [1.165, 1.54) is 10.4 Å². The van der Waals surface area contributed by atoms with Crippen molar-refractivity contribution < 1.29 is 14.3 Å². The van der Waals surface area contributed by atoms with Crippen molar-refractivity contribution >= 4 is 32.9 Å². The third-order valence-corrected chi connectivity index (χ3v) is 5.74. The van der Waals surface area contributed by atoms with E-state index in [0.29, 0.717) is 17.0 Å². The monoisotopic (exact) mass is 507 g/mol. The maximum Gasteiger partial charge on any atom is 0.352 e. The van der Waals surface area contributed by atoms with E-state index < -0.39 is 12.1 Å². The van der Waals surface area contributed by atoms with Gasteiger partial charge in [-0.2, -0.15) is 0 Å². The largest absolute Gasteiger partial charge is 0.472 e. The van der Waals surface area contributed by atoms with Gasteiger partial charge in [0.05, 0.1) is 6.61 Å². The maximum absolute atomic E-state index is 12.9. The van der Waals surface area contributed by atoms with Crippen LogP contribution in [0.4, 0.5) is 0 Å². The lowest BCUT2D eigenvalue weighted by Crippen LogP contribution is -2.22. The number of carbonyl (C=O) groups excluding carboxylic acids is 1. The number of carbonyl (C=O) groups is 1. The lowest BCUT2D eigenvalue weighted by molar-refractivity contribution is -0.151. The van der Waals surface area contributed by atoms with Crippen molar-refractivity contribution in [2.75, 3.05) is 6.61 Å². The van der Waals surface area contributed by atoms with Crippen LogP contribution in [0.15, 0.2) is 71.2 Å². The highest BCUT2D eigenvalue weighted by Gasteiger charge is 2.27. The van der Waals surface area contributed by atoms with Crippen LogP contribution in [0.25, 0.3) is 16.7 Å². The molecule has 1 unspecified atom stereocenters. The predicted molar refractivity (Wildman–Crippen MR) is 132 cm³/mol. The fraction of sp³-hybridized carbons (Fsp3) is 0.269. The van der Waals surface area contributed by atoms with Crippen LogP contribution in [-0.4, -0.2) is 27.6 Å². The molecule has 0 aliphatic carbocycles. The van der Waals surface area contributed by atoms with Crippen LogP contribution < -0.4 is 4.74 Å². The average Bonchev–Trinajstić information content (AvgIpc) is 3.22. The fourth-order valence-corrected chi connectivity index (χ4v) is 3.82. The third-order valence-electron chi connectivity index (χ3n) is 5.25. The van der Waals surface area contributed by atoms with Gasteiger partial charge in [-0.25, -0.2) is 4.79 Å². The Morgan fingerprint density at radius 3 is 2.21 bits per heavy atom. The number of esters is 1. The Morgan fingerprint density at radius 1 is 1.00 bits per heavy atom. The lowest BCUT2D eigenvalue weighted by Gasteiger charge is -2.22. The molecule has 0 aliphatic heterocycles. The first-order chi connectivity index (χ1) is 15.8. The molecule has 0 saturated carbocycles. The van der Waals surface area contributed by atoms with Crippen LogP contribution in [0.5, 0.6) is 5.75 Å². The Bertz CT molecular complexity index is 1240. The topological polar surface area (TPSA) is 66.2 Å². The van der Waals surface area contributed by atoms with Gasteiger partial charge in [0, 0.05) is 10.0 Å². The molecule has 0 fully saturated rings. The molecule has 0 radical (unpaired) electrons. The first-order valence-electron chi connectivity index (χ1n) is 10.8. The molecule has 0 bridgehead atoms. The van der Waals surface area contributed by atoms with Gasteiger partial charge in [0.15, 0.2) is 0 Å². The number of nitrogens with zero attached hydrogens (tertiary/aromatic N) is 3. The Labute approximate surface area is 201 Å². The van der Waals surface area contributed by atoms with Crippen LogP contribution in [0.1, 0.15) is 44.9 Å². The maximum atomic E-state index is 12.9. The summed E-state index contributed by atoms with van der Waals surface area (Å²) in [7, 11) is 0. The van der Waals surface area contributed by atoms with E-state index in [-0.39, 0.29) is 12.0 Å². The zero-order valence-electron chi connectivity index (χ0n) is 19.1. The SMILES string of the molecule is CCOC(=O)C(Oc1ccc(Br)cc1-n1nc2ccccc2n1)c1ccc(C(C)(C)C)cc1. The summed E-state index contributed by atoms with van der Waals surface area (Å²) in [5.41, 5.74) is 4.04. The van der Waals surface area contributed by atoms with Crippen LogP contribution >= 0.6 is 15.9 Å². The second-order valence-corrected chi connectivity index (χ2v) is 9.63. The van der Waals surface area contributed by atoms with Crippen molar-refractivity contribution in [2.45, 2.75) is 39.2 Å². The number of aromatic nitrogens is 3. The molecule has 33 heavy (non-hydrogen) atoms. The molecule has 4 aromatic rings. The average molecular weight is 508 g/mol. The second kappa shape index (κ2) is 9.35. The van der Waals surface area contributed by atoms with Crippen molar-refractivity contribution in [3.05, 3.63) is 82.3 Å². The highest BCUT2D eigenvalue weighted by Crippen LogP contribution is 2.32. The van der Waals surface area contributed by atoms with Crippen molar-refractivity contribution in [3.8, 4) is 11.4 Å². The molecule has 1 heterocycles. The number of benzene rings is 3. The van der Waals surface area contributed by atoms with E-state index in [1.54, 1.807) is 13.0 Å². The number of rotatable bonds is 6. The molecule has 0 N–H and O–H groups in total. The lowest BCUT2D eigenvalue weighted by atomic mass is 9.86. The molecule has 3 aromatic carbocycles. The van der Waals surface area contributed by atoms with Gasteiger partial charge >= 0.3 is 5.97 Å². The van der Waals surface area contributed by atoms with E-state index >= 15 is 0 Å². The number of hydrogen-bond donors (Lipinski definition) is 0. The number of ether oxygens (including phenoxy) is 2. The predicted octanol–water partition coefficient (Wildman–Crippen LogP) is 6.16. The van der Waals surface area contributed by atoms with E-state index in [0.717, 1.165) is 15.5 Å². The van der Waals surface area contributed by atoms with Crippen LogP contribution in [0.3, 0.4) is 0 Å². The zero-order valence-corrected chi connectivity index (χ0v) is 20.7. The minimum absolute atomic E-state index is 0.00541.